The van der Waals surface area contributed by atoms with E-state index in [1.165, 1.54) is 0 Å². The topological polar surface area (TPSA) is 24.9 Å². The third-order valence-corrected chi connectivity index (χ3v) is 3.38. The molecule has 0 unspecified atom stereocenters. The van der Waals surface area contributed by atoms with Crippen LogP contribution >= 0.6 is 23.2 Å². The fourth-order valence-electron chi connectivity index (χ4n) is 1.69. The standard InChI is InChI=1S/C14H14Cl2N2/c1-9-3-11(7-17-6-9)8-18-14-5-12(15)10(2)4-13(14)16/h3-7,18H,8H2,1-2H3. The quantitative estimate of drug-likeness (QED) is 0.888. The van der Waals surface area contributed by atoms with Gasteiger partial charge in [0.15, 0.2) is 0 Å². The van der Waals surface area contributed by atoms with E-state index in [9.17, 15) is 0 Å². The van der Waals surface area contributed by atoms with Crippen LogP contribution in [-0.2, 0) is 6.54 Å². The molecule has 0 aliphatic rings. The molecule has 1 aromatic carbocycles. The van der Waals surface area contributed by atoms with Gasteiger partial charge in [0.25, 0.3) is 0 Å². The summed E-state index contributed by atoms with van der Waals surface area (Å²) in [7, 11) is 0. The molecule has 0 spiro atoms. The van der Waals surface area contributed by atoms with E-state index >= 15 is 0 Å². The van der Waals surface area contributed by atoms with Crippen molar-refractivity contribution >= 4 is 28.9 Å². The third kappa shape index (κ3) is 3.15. The summed E-state index contributed by atoms with van der Waals surface area (Å²) in [6.07, 6.45) is 3.67. The molecule has 1 heterocycles. The lowest BCUT2D eigenvalue weighted by Crippen LogP contribution is -2.01. The lowest BCUT2D eigenvalue weighted by atomic mass is 10.2. The number of nitrogens with one attached hydrogen (secondary N) is 1. The maximum atomic E-state index is 6.16. The van der Waals surface area contributed by atoms with Crippen LogP contribution in [0.5, 0.6) is 0 Å². The molecule has 0 saturated heterocycles. The van der Waals surface area contributed by atoms with Crippen molar-refractivity contribution in [2.45, 2.75) is 20.4 Å². The van der Waals surface area contributed by atoms with Gasteiger partial charge >= 0.3 is 0 Å². The van der Waals surface area contributed by atoms with Crippen LogP contribution in [0.15, 0.2) is 30.6 Å². The van der Waals surface area contributed by atoms with Gasteiger partial charge in [-0.25, -0.2) is 0 Å². The van der Waals surface area contributed by atoms with Crippen molar-refractivity contribution in [1.82, 2.24) is 4.98 Å². The Hall–Kier alpha value is -1.25. The van der Waals surface area contributed by atoms with Gasteiger partial charge in [-0.2, -0.15) is 0 Å². The van der Waals surface area contributed by atoms with Crippen molar-refractivity contribution in [2.24, 2.45) is 0 Å². The molecule has 0 bridgehead atoms. The zero-order valence-electron chi connectivity index (χ0n) is 10.3. The van der Waals surface area contributed by atoms with Gasteiger partial charge in [0.05, 0.1) is 10.7 Å². The van der Waals surface area contributed by atoms with Crippen LogP contribution in [0.4, 0.5) is 5.69 Å². The molecule has 2 rings (SSSR count). The lowest BCUT2D eigenvalue weighted by Gasteiger charge is -2.10. The summed E-state index contributed by atoms with van der Waals surface area (Å²) in [6.45, 7) is 4.63. The number of nitrogens with zero attached hydrogens (tertiary/aromatic N) is 1. The normalized spacial score (nSPS) is 10.4. The third-order valence-electron chi connectivity index (χ3n) is 2.66. The first-order valence-electron chi connectivity index (χ1n) is 5.66. The predicted octanol–water partition coefficient (Wildman–Crippen LogP) is 4.62. The van der Waals surface area contributed by atoms with Crippen LogP contribution in [0.25, 0.3) is 0 Å². The monoisotopic (exact) mass is 280 g/mol. The summed E-state index contributed by atoms with van der Waals surface area (Å²) in [4.78, 5) is 4.15. The first-order chi connectivity index (χ1) is 8.56. The molecule has 0 fully saturated rings. The Morgan fingerprint density at radius 1 is 1.06 bits per heavy atom. The average molecular weight is 281 g/mol. The van der Waals surface area contributed by atoms with Gasteiger partial charge in [-0.15, -0.1) is 0 Å². The van der Waals surface area contributed by atoms with Crippen molar-refractivity contribution in [3.05, 3.63) is 57.3 Å². The van der Waals surface area contributed by atoms with Crippen molar-refractivity contribution < 1.29 is 0 Å². The smallest absolute Gasteiger partial charge is 0.0641 e. The highest BCUT2D eigenvalue weighted by molar-refractivity contribution is 6.35. The Labute approximate surface area is 117 Å². The van der Waals surface area contributed by atoms with E-state index in [1.807, 2.05) is 38.4 Å². The van der Waals surface area contributed by atoms with Crippen molar-refractivity contribution in [3.8, 4) is 0 Å². The second-order valence-corrected chi connectivity index (χ2v) is 5.12. The number of aromatic nitrogens is 1. The highest BCUT2D eigenvalue weighted by Crippen LogP contribution is 2.29. The molecule has 0 amide bonds. The molecule has 4 heteroatoms. The Morgan fingerprint density at radius 2 is 1.83 bits per heavy atom. The highest BCUT2D eigenvalue weighted by atomic mass is 35.5. The lowest BCUT2D eigenvalue weighted by molar-refractivity contribution is 1.10. The summed E-state index contributed by atoms with van der Waals surface area (Å²) in [5, 5.41) is 4.66. The van der Waals surface area contributed by atoms with Crippen molar-refractivity contribution in [1.29, 1.82) is 0 Å². The maximum absolute atomic E-state index is 6.16. The number of halogens is 2. The first-order valence-corrected chi connectivity index (χ1v) is 6.42. The number of hydrogen-bond acceptors (Lipinski definition) is 2. The Bertz CT molecular complexity index is 568. The molecular weight excluding hydrogens is 267 g/mol. The first kappa shape index (κ1) is 13.2. The molecule has 94 valence electrons. The van der Waals surface area contributed by atoms with E-state index < -0.39 is 0 Å². The molecule has 1 N–H and O–H groups in total. The van der Waals surface area contributed by atoms with Crippen LogP contribution in [0.3, 0.4) is 0 Å². The molecule has 18 heavy (non-hydrogen) atoms. The second kappa shape index (κ2) is 5.59. The van der Waals surface area contributed by atoms with Crippen LogP contribution < -0.4 is 5.32 Å². The number of benzene rings is 1. The van der Waals surface area contributed by atoms with Crippen LogP contribution in [0.2, 0.25) is 10.0 Å². The van der Waals surface area contributed by atoms with E-state index in [0.29, 0.717) is 16.6 Å². The molecule has 0 aliphatic heterocycles. The molecule has 2 nitrogen and oxygen atoms in total. The Morgan fingerprint density at radius 3 is 2.56 bits per heavy atom. The van der Waals surface area contributed by atoms with E-state index in [4.69, 9.17) is 23.2 Å². The Kier molecular flexibility index (Phi) is 4.10. The second-order valence-electron chi connectivity index (χ2n) is 4.31. The van der Waals surface area contributed by atoms with Gasteiger partial charge in [-0.1, -0.05) is 29.3 Å². The Balaban J connectivity index is 2.13. The van der Waals surface area contributed by atoms with E-state index in [1.54, 1.807) is 0 Å². The van der Waals surface area contributed by atoms with Crippen molar-refractivity contribution in [3.63, 3.8) is 0 Å². The van der Waals surface area contributed by atoms with E-state index in [0.717, 1.165) is 22.4 Å². The fraction of sp³-hybridized carbons (Fsp3) is 0.214. The highest BCUT2D eigenvalue weighted by Gasteiger charge is 2.04. The molecule has 0 radical (unpaired) electrons. The van der Waals surface area contributed by atoms with Crippen LogP contribution in [0.1, 0.15) is 16.7 Å². The minimum Gasteiger partial charge on any atom is -0.380 e. The van der Waals surface area contributed by atoms with Gasteiger partial charge < -0.3 is 5.32 Å². The maximum Gasteiger partial charge on any atom is 0.0641 e. The zero-order chi connectivity index (χ0) is 13.1. The number of anilines is 1. The van der Waals surface area contributed by atoms with Crippen LogP contribution in [0, 0.1) is 13.8 Å². The summed E-state index contributed by atoms with van der Waals surface area (Å²) in [5.41, 5.74) is 4.07. The fourth-order valence-corrected chi connectivity index (χ4v) is 2.14. The number of hydrogen-bond donors (Lipinski definition) is 1. The van der Waals surface area contributed by atoms with Gasteiger partial charge in [0, 0.05) is 24.0 Å². The number of pyridine rings is 1. The van der Waals surface area contributed by atoms with Gasteiger partial charge in [0.2, 0.25) is 0 Å². The molecule has 2 aromatic rings. The summed E-state index contributed by atoms with van der Waals surface area (Å²) < 4.78 is 0. The minimum atomic E-state index is 0.674. The average Bonchev–Trinajstić information content (AvgIpc) is 2.32. The van der Waals surface area contributed by atoms with Crippen molar-refractivity contribution in [2.75, 3.05) is 5.32 Å². The SMILES string of the molecule is Cc1cncc(CNc2cc(Cl)c(C)cc2Cl)c1. The molecule has 0 saturated carbocycles. The minimum absolute atomic E-state index is 0.674. The number of aryl methyl sites for hydroxylation is 2. The molecule has 1 aromatic heterocycles. The van der Waals surface area contributed by atoms with Gasteiger partial charge in [-0.05, 0) is 42.7 Å². The molecule has 0 atom stereocenters. The van der Waals surface area contributed by atoms with Gasteiger partial charge in [-0.3, -0.25) is 4.98 Å². The molecular formula is C14H14Cl2N2. The number of rotatable bonds is 3. The van der Waals surface area contributed by atoms with E-state index in [-0.39, 0.29) is 0 Å². The summed E-state index contributed by atoms with van der Waals surface area (Å²) in [6, 6.07) is 5.80. The van der Waals surface area contributed by atoms with E-state index in [2.05, 4.69) is 16.4 Å². The predicted molar refractivity (Wildman–Crippen MR) is 77.5 cm³/mol. The van der Waals surface area contributed by atoms with Crippen LogP contribution in [-0.4, -0.2) is 4.98 Å². The van der Waals surface area contributed by atoms with Gasteiger partial charge in [0.1, 0.15) is 0 Å². The molecule has 0 aliphatic carbocycles. The largest absolute Gasteiger partial charge is 0.380 e. The summed E-state index contributed by atoms with van der Waals surface area (Å²) >= 11 is 12.2. The summed E-state index contributed by atoms with van der Waals surface area (Å²) in [5.74, 6) is 0. The zero-order valence-corrected chi connectivity index (χ0v) is 11.8.